The molecule has 1 aliphatic heterocycles. The highest BCUT2D eigenvalue weighted by atomic mass is 16.2. The number of hydrogen-bond donors (Lipinski definition) is 1. The summed E-state index contributed by atoms with van der Waals surface area (Å²) in [6.45, 7) is 0.973. The molecular weight excluding hydrogens is 214 g/mol. The Labute approximate surface area is 103 Å². The predicted molar refractivity (Wildman–Crippen MR) is 65.2 cm³/mol. The number of nitrogens with zero attached hydrogens (tertiary/aromatic N) is 2. The monoisotopic (exact) mass is 235 g/mol. The summed E-state index contributed by atoms with van der Waals surface area (Å²) >= 11 is 0. The molecule has 4 nitrogen and oxygen atoms in total. The van der Waals surface area contributed by atoms with Gasteiger partial charge in [0.2, 0.25) is 5.91 Å². The number of carbonyl (C=O) groups is 1. The van der Waals surface area contributed by atoms with Gasteiger partial charge in [-0.3, -0.25) is 9.69 Å². The Morgan fingerprint density at radius 1 is 1.29 bits per heavy atom. The number of nitrogens with one attached hydrogen (secondary N) is 1. The van der Waals surface area contributed by atoms with Crippen LogP contribution in [0.2, 0.25) is 0 Å². The second kappa shape index (κ2) is 5.50. The van der Waals surface area contributed by atoms with E-state index in [-0.39, 0.29) is 17.9 Å². The van der Waals surface area contributed by atoms with E-state index in [1.165, 1.54) is 0 Å². The molecule has 1 N–H and O–H groups in total. The van der Waals surface area contributed by atoms with Gasteiger partial charge in [0.05, 0.1) is 18.0 Å². The minimum absolute atomic E-state index is 0.00676. The van der Waals surface area contributed by atoms with Crippen LogP contribution in [-0.4, -0.2) is 36.5 Å². The third-order valence-electron chi connectivity index (χ3n) is 4.16. The van der Waals surface area contributed by atoms with Crippen LogP contribution < -0.4 is 5.32 Å². The van der Waals surface area contributed by atoms with Gasteiger partial charge in [0.15, 0.2) is 0 Å². The van der Waals surface area contributed by atoms with E-state index in [0.717, 1.165) is 45.1 Å². The number of amides is 1. The first kappa shape index (κ1) is 12.4. The molecule has 2 aliphatic rings. The van der Waals surface area contributed by atoms with E-state index >= 15 is 0 Å². The third-order valence-corrected chi connectivity index (χ3v) is 4.16. The highest BCUT2D eigenvalue weighted by Gasteiger charge is 2.39. The van der Waals surface area contributed by atoms with Crippen LogP contribution in [0.15, 0.2) is 0 Å². The summed E-state index contributed by atoms with van der Waals surface area (Å²) in [6, 6.07) is 2.72. The lowest BCUT2D eigenvalue weighted by Gasteiger charge is -2.39. The fourth-order valence-corrected chi connectivity index (χ4v) is 3.29. The molecule has 3 atom stereocenters. The van der Waals surface area contributed by atoms with Crippen molar-refractivity contribution < 1.29 is 4.79 Å². The maximum absolute atomic E-state index is 11.9. The molecule has 2 rings (SSSR count). The van der Waals surface area contributed by atoms with Gasteiger partial charge in [0, 0.05) is 13.1 Å². The summed E-state index contributed by atoms with van der Waals surface area (Å²) in [4.78, 5) is 14.2. The lowest BCUT2D eigenvalue weighted by atomic mass is 9.95. The Bertz CT molecular complexity index is 323. The number of carbonyl (C=O) groups excluding carboxylic acids is 1. The van der Waals surface area contributed by atoms with Crippen molar-refractivity contribution in [2.24, 2.45) is 5.92 Å². The zero-order valence-corrected chi connectivity index (χ0v) is 10.5. The molecular formula is C13H21N3O. The second-order valence-electron chi connectivity index (χ2n) is 5.10. The van der Waals surface area contributed by atoms with Gasteiger partial charge in [-0.2, -0.15) is 5.26 Å². The number of piperidine rings is 1. The summed E-state index contributed by atoms with van der Waals surface area (Å²) in [5.41, 5.74) is 0. The van der Waals surface area contributed by atoms with E-state index in [9.17, 15) is 10.1 Å². The van der Waals surface area contributed by atoms with Crippen molar-refractivity contribution in [2.75, 3.05) is 13.6 Å². The van der Waals surface area contributed by atoms with Gasteiger partial charge >= 0.3 is 0 Å². The molecule has 2 fully saturated rings. The topological polar surface area (TPSA) is 56.1 Å². The Kier molecular flexibility index (Phi) is 4.01. The van der Waals surface area contributed by atoms with Crippen molar-refractivity contribution in [3.63, 3.8) is 0 Å². The summed E-state index contributed by atoms with van der Waals surface area (Å²) in [6.07, 6.45) is 6.42. The Balaban J connectivity index is 2.10. The van der Waals surface area contributed by atoms with Crippen LogP contribution in [0.5, 0.6) is 0 Å². The van der Waals surface area contributed by atoms with E-state index in [2.05, 4.69) is 16.3 Å². The number of rotatable bonds is 2. The third kappa shape index (κ3) is 2.44. The first-order chi connectivity index (χ1) is 8.27. The van der Waals surface area contributed by atoms with E-state index in [1.807, 2.05) is 0 Å². The van der Waals surface area contributed by atoms with Gasteiger partial charge in [-0.15, -0.1) is 0 Å². The molecule has 3 unspecified atom stereocenters. The molecule has 1 heterocycles. The maximum Gasteiger partial charge on any atom is 0.237 e. The molecule has 94 valence electrons. The zero-order valence-electron chi connectivity index (χ0n) is 10.5. The molecule has 1 aliphatic carbocycles. The molecule has 1 amide bonds. The first-order valence-electron chi connectivity index (χ1n) is 6.65. The molecule has 4 heteroatoms. The second-order valence-corrected chi connectivity index (χ2v) is 5.10. The lowest BCUT2D eigenvalue weighted by Crippen LogP contribution is -2.53. The summed E-state index contributed by atoms with van der Waals surface area (Å²) in [5.74, 6) is 0.244. The van der Waals surface area contributed by atoms with Crippen molar-refractivity contribution in [2.45, 2.75) is 50.6 Å². The van der Waals surface area contributed by atoms with Crippen molar-refractivity contribution in [3.05, 3.63) is 0 Å². The van der Waals surface area contributed by atoms with Gasteiger partial charge in [-0.05, 0) is 32.2 Å². The molecule has 0 aromatic rings. The lowest BCUT2D eigenvalue weighted by molar-refractivity contribution is -0.128. The Morgan fingerprint density at radius 3 is 2.82 bits per heavy atom. The average Bonchev–Trinajstić information content (AvgIpc) is 2.86. The highest BCUT2D eigenvalue weighted by molar-refractivity contribution is 5.81. The molecule has 0 bridgehead atoms. The van der Waals surface area contributed by atoms with Gasteiger partial charge in [-0.1, -0.05) is 12.8 Å². The van der Waals surface area contributed by atoms with Crippen molar-refractivity contribution in [1.82, 2.24) is 10.2 Å². The van der Waals surface area contributed by atoms with Crippen LogP contribution in [0.1, 0.15) is 38.5 Å². The van der Waals surface area contributed by atoms with Crippen LogP contribution in [0.25, 0.3) is 0 Å². The smallest absolute Gasteiger partial charge is 0.237 e. The standard InChI is InChI=1S/C13H21N3O/c1-15-13(17)12-6-2-3-8-16(12)11-7-4-5-10(11)9-14/h10-12H,2-8H2,1H3,(H,15,17). The summed E-state index contributed by atoms with van der Waals surface area (Å²) in [7, 11) is 1.70. The molecule has 1 saturated carbocycles. The largest absolute Gasteiger partial charge is 0.358 e. The van der Waals surface area contributed by atoms with E-state index in [0.29, 0.717) is 6.04 Å². The van der Waals surface area contributed by atoms with Crippen LogP contribution in [0.4, 0.5) is 0 Å². The Morgan fingerprint density at radius 2 is 2.12 bits per heavy atom. The predicted octanol–water partition coefficient (Wildman–Crippen LogP) is 1.28. The van der Waals surface area contributed by atoms with Gasteiger partial charge in [-0.25, -0.2) is 0 Å². The van der Waals surface area contributed by atoms with Gasteiger partial charge in [0.1, 0.15) is 0 Å². The van der Waals surface area contributed by atoms with Gasteiger partial charge in [0.25, 0.3) is 0 Å². The quantitative estimate of drug-likeness (QED) is 0.784. The van der Waals surface area contributed by atoms with Crippen molar-refractivity contribution in [1.29, 1.82) is 5.26 Å². The maximum atomic E-state index is 11.9. The minimum atomic E-state index is -0.00676. The SMILES string of the molecule is CNC(=O)C1CCCCN1C1CCCC1C#N. The molecule has 0 aromatic carbocycles. The fourth-order valence-electron chi connectivity index (χ4n) is 3.29. The molecule has 17 heavy (non-hydrogen) atoms. The van der Waals surface area contributed by atoms with E-state index in [1.54, 1.807) is 7.05 Å². The van der Waals surface area contributed by atoms with Crippen LogP contribution in [-0.2, 0) is 4.79 Å². The van der Waals surface area contributed by atoms with Crippen LogP contribution in [0, 0.1) is 17.2 Å². The number of hydrogen-bond acceptors (Lipinski definition) is 3. The van der Waals surface area contributed by atoms with Crippen LogP contribution >= 0.6 is 0 Å². The number of likely N-dealkylation sites (N-methyl/N-ethyl adjacent to an activating group) is 1. The van der Waals surface area contributed by atoms with E-state index < -0.39 is 0 Å². The zero-order chi connectivity index (χ0) is 12.3. The summed E-state index contributed by atoms with van der Waals surface area (Å²) in [5, 5.41) is 11.9. The molecule has 1 saturated heterocycles. The van der Waals surface area contributed by atoms with Crippen LogP contribution in [0.3, 0.4) is 0 Å². The number of nitriles is 1. The highest BCUT2D eigenvalue weighted by Crippen LogP contribution is 2.33. The molecule has 0 aromatic heterocycles. The van der Waals surface area contributed by atoms with Gasteiger partial charge < -0.3 is 5.32 Å². The van der Waals surface area contributed by atoms with Crippen molar-refractivity contribution >= 4 is 5.91 Å². The molecule has 0 spiro atoms. The van der Waals surface area contributed by atoms with E-state index in [4.69, 9.17) is 0 Å². The number of likely N-dealkylation sites (tertiary alicyclic amines) is 1. The normalized spacial score (nSPS) is 34.2. The summed E-state index contributed by atoms with van der Waals surface area (Å²) < 4.78 is 0. The fraction of sp³-hybridized carbons (Fsp3) is 0.846. The molecule has 0 radical (unpaired) electrons. The average molecular weight is 235 g/mol. The minimum Gasteiger partial charge on any atom is -0.358 e. The first-order valence-corrected chi connectivity index (χ1v) is 6.65. The van der Waals surface area contributed by atoms with Crippen molar-refractivity contribution in [3.8, 4) is 6.07 Å². The Hall–Kier alpha value is -1.08.